The second-order valence-electron chi connectivity index (χ2n) is 4.40. The van der Waals surface area contributed by atoms with Gasteiger partial charge in [0.05, 0.1) is 13.2 Å². The van der Waals surface area contributed by atoms with Crippen LogP contribution in [0.15, 0.2) is 18.2 Å². The Morgan fingerprint density at radius 2 is 2.39 bits per heavy atom. The smallest absolute Gasteiger partial charge is 0.239 e. The van der Waals surface area contributed by atoms with Crippen molar-refractivity contribution in [2.24, 2.45) is 0 Å². The van der Waals surface area contributed by atoms with Gasteiger partial charge in [-0.2, -0.15) is 0 Å². The predicted octanol–water partition coefficient (Wildman–Crippen LogP) is 0.394. The Morgan fingerprint density at radius 1 is 1.56 bits per heavy atom. The molecule has 0 atom stereocenters. The van der Waals surface area contributed by atoms with Crippen LogP contribution in [0.5, 0.6) is 0 Å². The topological polar surface area (TPSA) is 67.6 Å². The third kappa shape index (κ3) is 2.92. The fraction of sp³-hybridized carbons (Fsp3) is 0.462. The second-order valence-corrected chi connectivity index (χ2v) is 4.40. The molecule has 1 aliphatic heterocycles. The van der Waals surface area contributed by atoms with Crippen LogP contribution in [0, 0.1) is 0 Å². The number of amides is 1. The van der Waals surface area contributed by atoms with E-state index < -0.39 is 0 Å². The van der Waals surface area contributed by atoms with Crippen LogP contribution in [0.3, 0.4) is 0 Å². The number of nitrogens with two attached hydrogens (primary N) is 1. The zero-order chi connectivity index (χ0) is 13.0. The molecule has 1 aromatic carbocycles. The molecule has 3 N–H and O–H groups in total. The highest BCUT2D eigenvalue weighted by atomic mass is 16.5. The third-order valence-corrected chi connectivity index (χ3v) is 3.06. The summed E-state index contributed by atoms with van der Waals surface area (Å²) in [6.07, 6.45) is 0.973. The molecule has 5 heteroatoms. The molecule has 18 heavy (non-hydrogen) atoms. The highest BCUT2D eigenvalue weighted by Crippen LogP contribution is 2.29. The number of hydrogen-bond donors (Lipinski definition) is 2. The fourth-order valence-electron chi connectivity index (χ4n) is 2.15. The van der Waals surface area contributed by atoms with Crippen LogP contribution in [0.4, 0.5) is 11.4 Å². The van der Waals surface area contributed by atoms with Crippen molar-refractivity contribution in [2.45, 2.75) is 6.42 Å². The van der Waals surface area contributed by atoms with Crippen molar-refractivity contribution in [1.82, 2.24) is 5.32 Å². The average molecular weight is 249 g/mol. The molecule has 0 aromatic heterocycles. The summed E-state index contributed by atoms with van der Waals surface area (Å²) in [5.74, 6) is 0.0160. The molecule has 1 aromatic rings. The maximum absolute atomic E-state index is 11.7. The molecular formula is C13H19N3O2. The van der Waals surface area contributed by atoms with Gasteiger partial charge in [0.25, 0.3) is 0 Å². The van der Waals surface area contributed by atoms with Gasteiger partial charge in [0.2, 0.25) is 5.91 Å². The van der Waals surface area contributed by atoms with Crippen LogP contribution >= 0.6 is 0 Å². The number of rotatable bonds is 5. The summed E-state index contributed by atoms with van der Waals surface area (Å²) < 4.78 is 4.89. The third-order valence-electron chi connectivity index (χ3n) is 3.06. The number of ether oxygens (including phenoxy) is 1. The number of benzene rings is 1. The van der Waals surface area contributed by atoms with E-state index in [0.29, 0.717) is 19.7 Å². The van der Waals surface area contributed by atoms with Crippen LogP contribution in [0.1, 0.15) is 5.56 Å². The van der Waals surface area contributed by atoms with Crippen LogP contribution in [-0.4, -0.2) is 39.3 Å². The molecule has 98 valence electrons. The molecule has 5 nitrogen and oxygen atoms in total. The summed E-state index contributed by atoms with van der Waals surface area (Å²) in [4.78, 5) is 13.8. The number of methoxy groups -OCH3 is 1. The highest BCUT2D eigenvalue weighted by molar-refractivity contribution is 5.82. The minimum atomic E-state index is 0.0160. The summed E-state index contributed by atoms with van der Waals surface area (Å²) in [7, 11) is 1.62. The zero-order valence-electron chi connectivity index (χ0n) is 10.6. The van der Waals surface area contributed by atoms with Gasteiger partial charge in [-0.3, -0.25) is 4.79 Å². The lowest BCUT2D eigenvalue weighted by Crippen LogP contribution is -2.37. The first-order valence-electron chi connectivity index (χ1n) is 6.09. The number of carbonyl (C=O) groups is 1. The molecule has 1 aliphatic rings. The quantitative estimate of drug-likeness (QED) is 0.585. The van der Waals surface area contributed by atoms with Crippen molar-refractivity contribution in [3.05, 3.63) is 23.8 Å². The molecule has 0 bridgehead atoms. The molecule has 1 amide bonds. The molecule has 0 unspecified atom stereocenters. The van der Waals surface area contributed by atoms with Crippen molar-refractivity contribution in [3.63, 3.8) is 0 Å². The second kappa shape index (κ2) is 5.73. The lowest BCUT2D eigenvalue weighted by Gasteiger charge is -2.19. The first kappa shape index (κ1) is 12.7. The molecule has 0 aliphatic carbocycles. The molecule has 1 heterocycles. The number of nitrogens with zero attached hydrogens (tertiary/aromatic N) is 1. The standard InChI is InChI=1S/C13H19N3O2/c1-18-7-5-15-13(17)9-16-6-4-10-2-3-11(14)8-12(10)16/h2-3,8H,4-7,9,14H2,1H3,(H,15,17). The van der Waals surface area contributed by atoms with E-state index in [9.17, 15) is 4.79 Å². The number of nitrogens with one attached hydrogen (secondary N) is 1. The van der Waals surface area contributed by atoms with E-state index in [4.69, 9.17) is 10.5 Å². The maximum atomic E-state index is 11.7. The minimum absolute atomic E-state index is 0.0160. The summed E-state index contributed by atoms with van der Waals surface area (Å²) in [5, 5.41) is 2.82. The number of carbonyl (C=O) groups excluding carboxylic acids is 1. The van der Waals surface area contributed by atoms with Crippen molar-refractivity contribution in [2.75, 3.05) is 44.0 Å². The van der Waals surface area contributed by atoms with E-state index in [1.165, 1.54) is 5.56 Å². The Kier molecular flexibility index (Phi) is 4.04. The van der Waals surface area contributed by atoms with E-state index in [0.717, 1.165) is 24.3 Å². The van der Waals surface area contributed by atoms with Crippen molar-refractivity contribution >= 4 is 17.3 Å². The average Bonchev–Trinajstić information content (AvgIpc) is 2.72. The van der Waals surface area contributed by atoms with E-state index in [1.807, 2.05) is 18.2 Å². The van der Waals surface area contributed by atoms with E-state index in [1.54, 1.807) is 7.11 Å². The summed E-state index contributed by atoms with van der Waals surface area (Å²) in [6.45, 7) is 2.33. The monoisotopic (exact) mass is 249 g/mol. The van der Waals surface area contributed by atoms with Gasteiger partial charge in [0.1, 0.15) is 0 Å². The van der Waals surface area contributed by atoms with Gasteiger partial charge in [-0.15, -0.1) is 0 Å². The summed E-state index contributed by atoms with van der Waals surface area (Å²) in [5.41, 5.74) is 8.85. The molecule has 2 rings (SSSR count). The lowest BCUT2D eigenvalue weighted by molar-refractivity contribution is -0.119. The van der Waals surface area contributed by atoms with E-state index >= 15 is 0 Å². The number of hydrogen-bond acceptors (Lipinski definition) is 4. The normalized spacial score (nSPS) is 13.5. The van der Waals surface area contributed by atoms with Crippen LogP contribution in [0.25, 0.3) is 0 Å². The molecule has 0 spiro atoms. The molecule has 0 saturated heterocycles. The number of nitrogen functional groups attached to an aromatic ring is 1. The Balaban J connectivity index is 1.93. The van der Waals surface area contributed by atoms with Gasteiger partial charge < -0.3 is 20.7 Å². The highest BCUT2D eigenvalue weighted by Gasteiger charge is 2.20. The minimum Gasteiger partial charge on any atom is -0.399 e. The van der Waals surface area contributed by atoms with Crippen LogP contribution < -0.4 is 16.0 Å². The number of anilines is 2. The van der Waals surface area contributed by atoms with Gasteiger partial charge in [-0.05, 0) is 24.1 Å². The van der Waals surface area contributed by atoms with Gasteiger partial charge in [0.15, 0.2) is 0 Å². The predicted molar refractivity (Wildman–Crippen MR) is 71.7 cm³/mol. The van der Waals surface area contributed by atoms with Gasteiger partial charge in [-0.25, -0.2) is 0 Å². The Bertz CT molecular complexity index is 434. The zero-order valence-corrected chi connectivity index (χ0v) is 10.6. The van der Waals surface area contributed by atoms with E-state index in [-0.39, 0.29) is 5.91 Å². The summed E-state index contributed by atoms with van der Waals surface area (Å²) in [6, 6.07) is 5.87. The van der Waals surface area contributed by atoms with Gasteiger partial charge >= 0.3 is 0 Å². The summed E-state index contributed by atoms with van der Waals surface area (Å²) >= 11 is 0. The van der Waals surface area contributed by atoms with Gasteiger partial charge in [-0.1, -0.05) is 6.07 Å². The maximum Gasteiger partial charge on any atom is 0.239 e. The first-order chi connectivity index (χ1) is 8.70. The largest absolute Gasteiger partial charge is 0.399 e. The van der Waals surface area contributed by atoms with Crippen LogP contribution in [-0.2, 0) is 16.0 Å². The van der Waals surface area contributed by atoms with Crippen molar-refractivity contribution in [3.8, 4) is 0 Å². The Labute approximate surface area is 107 Å². The molecule has 0 fully saturated rings. The van der Waals surface area contributed by atoms with Crippen molar-refractivity contribution in [1.29, 1.82) is 0 Å². The molecule has 0 saturated carbocycles. The molecular weight excluding hydrogens is 230 g/mol. The Hall–Kier alpha value is -1.75. The fourth-order valence-corrected chi connectivity index (χ4v) is 2.15. The SMILES string of the molecule is COCCNC(=O)CN1CCc2ccc(N)cc21. The molecule has 0 radical (unpaired) electrons. The number of fused-ring (bicyclic) bond motifs is 1. The Morgan fingerprint density at radius 3 is 3.17 bits per heavy atom. The van der Waals surface area contributed by atoms with Crippen LogP contribution in [0.2, 0.25) is 0 Å². The lowest BCUT2D eigenvalue weighted by atomic mass is 10.1. The van der Waals surface area contributed by atoms with Gasteiger partial charge in [0, 0.05) is 31.6 Å². The van der Waals surface area contributed by atoms with Crippen molar-refractivity contribution < 1.29 is 9.53 Å². The van der Waals surface area contributed by atoms with E-state index in [2.05, 4.69) is 10.2 Å². The first-order valence-corrected chi connectivity index (χ1v) is 6.09.